The highest BCUT2D eigenvalue weighted by Gasteiger charge is 2.15. The number of amides is 1. The van der Waals surface area contributed by atoms with Gasteiger partial charge in [-0.1, -0.05) is 6.07 Å². The first-order chi connectivity index (χ1) is 9.66. The van der Waals surface area contributed by atoms with Gasteiger partial charge in [-0.25, -0.2) is 9.78 Å². The molecule has 2 N–H and O–H groups in total. The molecule has 0 spiro atoms. The van der Waals surface area contributed by atoms with Crippen molar-refractivity contribution >= 4 is 11.9 Å². The van der Waals surface area contributed by atoms with E-state index in [0.29, 0.717) is 12.2 Å². The fourth-order valence-electron chi connectivity index (χ4n) is 2.25. The van der Waals surface area contributed by atoms with E-state index in [1.165, 1.54) is 12.5 Å². The molecule has 0 saturated carbocycles. The van der Waals surface area contributed by atoms with E-state index in [-0.39, 0.29) is 18.1 Å². The van der Waals surface area contributed by atoms with Gasteiger partial charge in [0.15, 0.2) is 0 Å². The third kappa shape index (κ3) is 4.03. The van der Waals surface area contributed by atoms with E-state index in [4.69, 9.17) is 5.11 Å². The monoisotopic (exact) mass is 277 g/mol. The summed E-state index contributed by atoms with van der Waals surface area (Å²) in [6.07, 6.45) is 3.35. The first-order valence-corrected chi connectivity index (χ1v) is 6.84. The number of aromatic carboxylic acids is 1. The summed E-state index contributed by atoms with van der Waals surface area (Å²) in [5.41, 5.74) is 0.642. The molecular weight excluding hydrogens is 258 g/mol. The molecule has 2 rings (SSSR count). The van der Waals surface area contributed by atoms with E-state index in [1.54, 1.807) is 12.1 Å². The average molecular weight is 277 g/mol. The number of rotatable bonds is 5. The summed E-state index contributed by atoms with van der Waals surface area (Å²) in [5.74, 6) is -0.949. The van der Waals surface area contributed by atoms with Gasteiger partial charge >= 0.3 is 5.97 Å². The lowest BCUT2D eigenvalue weighted by Gasteiger charge is -2.26. The van der Waals surface area contributed by atoms with E-state index < -0.39 is 5.97 Å². The predicted octanol–water partition coefficient (Wildman–Crippen LogP) is 0.882. The Hall–Kier alpha value is -1.95. The van der Waals surface area contributed by atoms with Crippen LogP contribution in [-0.4, -0.2) is 46.5 Å². The van der Waals surface area contributed by atoms with Gasteiger partial charge in [0.1, 0.15) is 5.69 Å². The van der Waals surface area contributed by atoms with Crippen molar-refractivity contribution in [2.24, 2.45) is 0 Å². The highest BCUT2D eigenvalue weighted by molar-refractivity contribution is 5.85. The Morgan fingerprint density at radius 1 is 1.25 bits per heavy atom. The topological polar surface area (TPSA) is 82.5 Å². The molecule has 0 bridgehead atoms. The predicted molar refractivity (Wildman–Crippen MR) is 73.3 cm³/mol. The lowest BCUT2D eigenvalue weighted by Crippen LogP contribution is -2.41. The van der Waals surface area contributed by atoms with Gasteiger partial charge < -0.3 is 15.3 Å². The van der Waals surface area contributed by atoms with Crippen LogP contribution in [-0.2, 0) is 11.3 Å². The Bertz CT molecular complexity index is 484. The molecule has 0 radical (unpaired) electrons. The number of aromatic nitrogens is 1. The average Bonchev–Trinajstić information content (AvgIpc) is 2.48. The third-order valence-corrected chi connectivity index (χ3v) is 3.32. The summed E-state index contributed by atoms with van der Waals surface area (Å²) >= 11 is 0. The Kier molecular flexibility index (Phi) is 5.06. The van der Waals surface area contributed by atoms with Crippen LogP contribution in [0.4, 0.5) is 0 Å². The van der Waals surface area contributed by atoms with Crippen LogP contribution in [0.2, 0.25) is 0 Å². The second-order valence-electron chi connectivity index (χ2n) is 4.86. The molecular formula is C14H19N3O3. The van der Waals surface area contributed by atoms with Crippen molar-refractivity contribution in [1.82, 2.24) is 15.2 Å². The van der Waals surface area contributed by atoms with Gasteiger partial charge in [0.2, 0.25) is 5.91 Å². The maximum absolute atomic E-state index is 11.9. The molecule has 20 heavy (non-hydrogen) atoms. The van der Waals surface area contributed by atoms with Crippen LogP contribution in [0.25, 0.3) is 0 Å². The van der Waals surface area contributed by atoms with Crippen LogP contribution >= 0.6 is 0 Å². The zero-order valence-corrected chi connectivity index (χ0v) is 11.3. The lowest BCUT2D eigenvalue weighted by atomic mass is 10.1. The number of carbonyl (C=O) groups is 2. The van der Waals surface area contributed by atoms with Crippen LogP contribution in [0.15, 0.2) is 18.2 Å². The van der Waals surface area contributed by atoms with Crippen LogP contribution < -0.4 is 5.32 Å². The van der Waals surface area contributed by atoms with Crippen LogP contribution in [0.3, 0.4) is 0 Å². The van der Waals surface area contributed by atoms with Crippen molar-refractivity contribution in [3.8, 4) is 0 Å². The molecule has 1 aromatic heterocycles. The number of piperidine rings is 1. The molecule has 1 saturated heterocycles. The fraction of sp³-hybridized carbons (Fsp3) is 0.500. The van der Waals surface area contributed by atoms with Gasteiger partial charge in [-0.2, -0.15) is 0 Å². The summed E-state index contributed by atoms with van der Waals surface area (Å²) < 4.78 is 0. The number of carbonyl (C=O) groups excluding carboxylic acids is 1. The van der Waals surface area contributed by atoms with Crippen LogP contribution in [0, 0.1) is 0 Å². The largest absolute Gasteiger partial charge is 0.477 e. The Morgan fingerprint density at radius 3 is 2.70 bits per heavy atom. The minimum Gasteiger partial charge on any atom is -0.477 e. The Labute approximate surface area is 117 Å². The summed E-state index contributed by atoms with van der Waals surface area (Å²) in [6, 6.07) is 4.84. The maximum atomic E-state index is 11.9. The van der Waals surface area contributed by atoms with E-state index in [2.05, 4.69) is 10.3 Å². The standard InChI is InChI=1S/C14H19N3O3/c18-13(17-7-2-1-3-8-17)10-15-9-11-5-4-6-12(16-11)14(19)20/h4-6,15H,1-3,7-10H2,(H,19,20). The van der Waals surface area contributed by atoms with Crippen molar-refractivity contribution in [3.05, 3.63) is 29.6 Å². The Balaban J connectivity index is 1.79. The molecule has 2 heterocycles. The fourth-order valence-corrected chi connectivity index (χ4v) is 2.25. The van der Waals surface area contributed by atoms with Gasteiger partial charge in [0.25, 0.3) is 0 Å². The number of likely N-dealkylation sites (tertiary alicyclic amines) is 1. The van der Waals surface area contributed by atoms with Crippen molar-refractivity contribution < 1.29 is 14.7 Å². The molecule has 1 aliphatic rings. The van der Waals surface area contributed by atoms with Gasteiger partial charge in [-0.15, -0.1) is 0 Å². The van der Waals surface area contributed by atoms with Gasteiger partial charge in [0, 0.05) is 19.6 Å². The number of hydrogen-bond acceptors (Lipinski definition) is 4. The molecule has 0 aromatic carbocycles. The molecule has 6 nitrogen and oxygen atoms in total. The number of nitrogens with one attached hydrogen (secondary N) is 1. The summed E-state index contributed by atoms with van der Waals surface area (Å²) in [4.78, 5) is 28.6. The smallest absolute Gasteiger partial charge is 0.354 e. The molecule has 108 valence electrons. The van der Waals surface area contributed by atoms with E-state index in [0.717, 1.165) is 25.9 Å². The van der Waals surface area contributed by atoms with Gasteiger partial charge in [0.05, 0.1) is 12.2 Å². The van der Waals surface area contributed by atoms with E-state index in [9.17, 15) is 9.59 Å². The molecule has 1 aliphatic heterocycles. The second kappa shape index (κ2) is 7.00. The molecule has 0 unspecified atom stereocenters. The quantitative estimate of drug-likeness (QED) is 0.835. The van der Waals surface area contributed by atoms with Crippen molar-refractivity contribution in [2.45, 2.75) is 25.8 Å². The highest BCUT2D eigenvalue weighted by Crippen LogP contribution is 2.08. The minimum absolute atomic E-state index is 0.0201. The number of carboxylic acid groups (broad SMARTS) is 1. The molecule has 6 heteroatoms. The van der Waals surface area contributed by atoms with Crippen LogP contribution in [0.5, 0.6) is 0 Å². The summed E-state index contributed by atoms with van der Waals surface area (Å²) in [5, 5.41) is 11.9. The van der Waals surface area contributed by atoms with Crippen molar-refractivity contribution in [2.75, 3.05) is 19.6 Å². The molecule has 1 amide bonds. The number of hydrogen-bond donors (Lipinski definition) is 2. The summed E-state index contributed by atoms with van der Waals surface area (Å²) in [7, 11) is 0. The zero-order chi connectivity index (χ0) is 14.4. The highest BCUT2D eigenvalue weighted by atomic mass is 16.4. The molecule has 1 fully saturated rings. The minimum atomic E-state index is -1.05. The first kappa shape index (κ1) is 14.5. The number of carboxylic acids is 1. The number of nitrogens with zero attached hydrogens (tertiary/aromatic N) is 2. The van der Waals surface area contributed by atoms with Crippen LogP contribution in [0.1, 0.15) is 35.4 Å². The third-order valence-electron chi connectivity index (χ3n) is 3.32. The van der Waals surface area contributed by atoms with Gasteiger partial charge in [-0.3, -0.25) is 4.79 Å². The number of pyridine rings is 1. The van der Waals surface area contributed by atoms with E-state index in [1.807, 2.05) is 4.90 Å². The Morgan fingerprint density at radius 2 is 2.00 bits per heavy atom. The normalized spacial score (nSPS) is 15.1. The van der Waals surface area contributed by atoms with Crippen molar-refractivity contribution in [1.29, 1.82) is 0 Å². The zero-order valence-electron chi connectivity index (χ0n) is 11.3. The molecule has 1 aromatic rings. The SMILES string of the molecule is O=C(O)c1cccc(CNCC(=O)N2CCCCC2)n1. The van der Waals surface area contributed by atoms with E-state index >= 15 is 0 Å². The lowest BCUT2D eigenvalue weighted by molar-refractivity contribution is -0.131. The molecule has 0 atom stereocenters. The maximum Gasteiger partial charge on any atom is 0.354 e. The summed E-state index contributed by atoms with van der Waals surface area (Å²) in [6.45, 7) is 2.33. The first-order valence-electron chi connectivity index (χ1n) is 6.84. The van der Waals surface area contributed by atoms with Crippen molar-refractivity contribution in [3.63, 3.8) is 0 Å². The van der Waals surface area contributed by atoms with Gasteiger partial charge in [-0.05, 0) is 31.4 Å². The second-order valence-corrected chi connectivity index (χ2v) is 4.86. The molecule has 0 aliphatic carbocycles.